The molecule has 1 unspecified atom stereocenters. The van der Waals surface area contributed by atoms with Crippen molar-refractivity contribution in [1.82, 2.24) is 10.6 Å². The molecule has 0 spiro atoms. The molecule has 1 rings (SSSR count). The summed E-state index contributed by atoms with van der Waals surface area (Å²) in [6, 6.07) is 8.38. The molecule has 2 atom stereocenters. The summed E-state index contributed by atoms with van der Waals surface area (Å²) >= 11 is 0. The van der Waals surface area contributed by atoms with E-state index in [2.05, 4.69) is 62.6 Å². The van der Waals surface area contributed by atoms with E-state index in [1.807, 2.05) is 6.92 Å². The van der Waals surface area contributed by atoms with Crippen LogP contribution in [0.5, 0.6) is 0 Å². The second-order valence-corrected chi connectivity index (χ2v) is 5.66. The summed E-state index contributed by atoms with van der Waals surface area (Å²) in [5.41, 5.74) is 2.45. The topological polar surface area (TPSA) is 41.1 Å². The maximum absolute atomic E-state index is 11.9. The Morgan fingerprint density at radius 2 is 1.68 bits per heavy atom. The van der Waals surface area contributed by atoms with Gasteiger partial charge in [0.05, 0.1) is 6.04 Å². The minimum Gasteiger partial charge on any atom is -0.354 e. The second kappa shape index (κ2) is 7.29. The van der Waals surface area contributed by atoms with Crippen molar-refractivity contribution < 1.29 is 4.79 Å². The van der Waals surface area contributed by atoms with Gasteiger partial charge in [0.25, 0.3) is 0 Å². The number of hydrogen-bond donors (Lipinski definition) is 2. The fraction of sp³-hybridized carbons (Fsp3) is 0.562. The van der Waals surface area contributed by atoms with Crippen molar-refractivity contribution >= 4 is 5.91 Å². The number of amides is 1. The molecular weight excluding hydrogens is 236 g/mol. The van der Waals surface area contributed by atoms with Gasteiger partial charge in [0.2, 0.25) is 5.91 Å². The minimum atomic E-state index is -0.185. The van der Waals surface area contributed by atoms with E-state index in [-0.39, 0.29) is 18.0 Å². The van der Waals surface area contributed by atoms with Gasteiger partial charge in [-0.05, 0) is 32.3 Å². The highest BCUT2D eigenvalue weighted by atomic mass is 16.2. The van der Waals surface area contributed by atoms with Crippen LogP contribution in [0.25, 0.3) is 0 Å². The Morgan fingerprint density at radius 1 is 1.11 bits per heavy atom. The Labute approximate surface area is 116 Å². The SMILES string of the molecule is Cc1ccc([C@H](C)NC(C)C(=O)NCC(C)C)cc1. The molecule has 0 bridgehead atoms. The lowest BCUT2D eigenvalue weighted by atomic mass is 10.1. The smallest absolute Gasteiger partial charge is 0.236 e. The number of carbonyl (C=O) groups is 1. The number of nitrogens with one attached hydrogen (secondary N) is 2. The maximum atomic E-state index is 11.9. The van der Waals surface area contributed by atoms with Crippen molar-refractivity contribution in [2.24, 2.45) is 5.92 Å². The fourth-order valence-corrected chi connectivity index (χ4v) is 1.86. The quantitative estimate of drug-likeness (QED) is 0.827. The molecule has 106 valence electrons. The van der Waals surface area contributed by atoms with Gasteiger partial charge in [0.15, 0.2) is 0 Å². The summed E-state index contributed by atoms with van der Waals surface area (Å²) in [5.74, 6) is 0.540. The Kier molecular flexibility index (Phi) is 6.03. The third-order valence-corrected chi connectivity index (χ3v) is 3.16. The van der Waals surface area contributed by atoms with E-state index in [4.69, 9.17) is 0 Å². The lowest BCUT2D eigenvalue weighted by Gasteiger charge is -2.20. The number of benzene rings is 1. The van der Waals surface area contributed by atoms with Crippen molar-refractivity contribution in [2.75, 3.05) is 6.54 Å². The van der Waals surface area contributed by atoms with E-state index >= 15 is 0 Å². The van der Waals surface area contributed by atoms with Crippen LogP contribution in [-0.2, 0) is 4.79 Å². The Balaban J connectivity index is 2.49. The zero-order valence-corrected chi connectivity index (χ0v) is 12.7. The molecule has 1 amide bonds. The van der Waals surface area contributed by atoms with Crippen molar-refractivity contribution in [2.45, 2.75) is 46.7 Å². The zero-order valence-electron chi connectivity index (χ0n) is 12.7. The molecule has 0 radical (unpaired) electrons. The van der Waals surface area contributed by atoms with Crippen LogP contribution in [0.15, 0.2) is 24.3 Å². The summed E-state index contributed by atoms with van der Waals surface area (Å²) in [5, 5.41) is 6.27. The van der Waals surface area contributed by atoms with Gasteiger partial charge in [-0.2, -0.15) is 0 Å². The molecule has 0 aliphatic rings. The molecule has 0 aliphatic heterocycles. The van der Waals surface area contributed by atoms with Gasteiger partial charge in [-0.15, -0.1) is 0 Å². The third-order valence-electron chi connectivity index (χ3n) is 3.16. The highest BCUT2D eigenvalue weighted by Crippen LogP contribution is 2.13. The number of hydrogen-bond acceptors (Lipinski definition) is 2. The molecule has 0 saturated carbocycles. The first-order valence-corrected chi connectivity index (χ1v) is 7.00. The molecule has 0 aliphatic carbocycles. The van der Waals surface area contributed by atoms with Crippen LogP contribution in [-0.4, -0.2) is 18.5 Å². The highest BCUT2D eigenvalue weighted by molar-refractivity contribution is 5.81. The number of carbonyl (C=O) groups excluding carboxylic acids is 1. The van der Waals surface area contributed by atoms with E-state index < -0.39 is 0 Å². The lowest BCUT2D eigenvalue weighted by Crippen LogP contribution is -2.44. The van der Waals surface area contributed by atoms with E-state index in [9.17, 15) is 4.79 Å². The van der Waals surface area contributed by atoms with Gasteiger partial charge in [0.1, 0.15) is 0 Å². The van der Waals surface area contributed by atoms with Crippen molar-refractivity contribution in [3.8, 4) is 0 Å². The fourth-order valence-electron chi connectivity index (χ4n) is 1.86. The van der Waals surface area contributed by atoms with E-state index in [0.717, 1.165) is 6.54 Å². The Bertz CT molecular complexity index is 398. The molecule has 1 aromatic rings. The molecule has 0 heterocycles. The molecule has 0 saturated heterocycles. The molecule has 19 heavy (non-hydrogen) atoms. The van der Waals surface area contributed by atoms with E-state index in [1.165, 1.54) is 11.1 Å². The third kappa shape index (κ3) is 5.43. The predicted octanol–water partition coefficient (Wildman–Crippen LogP) is 2.81. The van der Waals surface area contributed by atoms with Crippen LogP contribution >= 0.6 is 0 Å². The average Bonchev–Trinajstić information content (AvgIpc) is 2.36. The molecule has 3 heteroatoms. The highest BCUT2D eigenvalue weighted by Gasteiger charge is 2.15. The summed E-state index contributed by atoms with van der Waals surface area (Å²) < 4.78 is 0. The first kappa shape index (κ1) is 15.7. The molecular formula is C16H26N2O. The van der Waals surface area contributed by atoms with Crippen LogP contribution in [0, 0.1) is 12.8 Å². The van der Waals surface area contributed by atoms with Crippen LogP contribution < -0.4 is 10.6 Å². The average molecular weight is 262 g/mol. The Morgan fingerprint density at radius 3 is 2.21 bits per heavy atom. The van der Waals surface area contributed by atoms with Crippen molar-refractivity contribution in [3.63, 3.8) is 0 Å². The molecule has 2 N–H and O–H groups in total. The maximum Gasteiger partial charge on any atom is 0.236 e. The van der Waals surface area contributed by atoms with Gasteiger partial charge in [-0.1, -0.05) is 43.7 Å². The van der Waals surface area contributed by atoms with Gasteiger partial charge >= 0.3 is 0 Å². The van der Waals surface area contributed by atoms with Gasteiger partial charge < -0.3 is 5.32 Å². The standard InChI is InChI=1S/C16H26N2O/c1-11(2)10-17-16(19)14(5)18-13(4)15-8-6-12(3)7-9-15/h6-9,11,13-14,18H,10H2,1-5H3,(H,17,19)/t13-,14?/m0/s1. The van der Waals surface area contributed by atoms with Crippen molar-refractivity contribution in [3.05, 3.63) is 35.4 Å². The predicted molar refractivity (Wildman–Crippen MR) is 80.0 cm³/mol. The van der Waals surface area contributed by atoms with Crippen LogP contribution in [0.3, 0.4) is 0 Å². The first-order valence-electron chi connectivity index (χ1n) is 7.00. The molecule has 3 nitrogen and oxygen atoms in total. The minimum absolute atomic E-state index is 0.0626. The Hall–Kier alpha value is -1.35. The van der Waals surface area contributed by atoms with Gasteiger partial charge in [-0.25, -0.2) is 0 Å². The van der Waals surface area contributed by atoms with Gasteiger partial charge in [-0.3, -0.25) is 10.1 Å². The summed E-state index contributed by atoms with van der Waals surface area (Å²) in [4.78, 5) is 11.9. The molecule has 1 aromatic carbocycles. The van der Waals surface area contributed by atoms with Crippen LogP contribution in [0.4, 0.5) is 0 Å². The lowest BCUT2D eigenvalue weighted by molar-refractivity contribution is -0.123. The largest absolute Gasteiger partial charge is 0.354 e. The van der Waals surface area contributed by atoms with Crippen LogP contribution in [0.1, 0.15) is 44.9 Å². The molecule has 0 aromatic heterocycles. The van der Waals surface area contributed by atoms with Crippen molar-refractivity contribution in [1.29, 1.82) is 0 Å². The summed E-state index contributed by atoms with van der Waals surface area (Å²) in [7, 11) is 0. The zero-order chi connectivity index (χ0) is 14.4. The first-order chi connectivity index (χ1) is 8.90. The van der Waals surface area contributed by atoms with E-state index in [1.54, 1.807) is 0 Å². The monoisotopic (exact) mass is 262 g/mol. The number of rotatable bonds is 6. The van der Waals surface area contributed by atoms with Gasteiger partial charge in [0, 0.05) is 12.6 Å². The molecule has 0 fully saturated rings. The summed E-state index contributed by atoms with van der Waals surface area (Å²) in [6.45, 7) is 11.0. The summed E-state index contributed by atoms with van der Waals surface area (Å²) in [6.07, 6.45) is 0. The van der Waals surface area contributed by atoms with E-state index in [0.29, 0.717) is 5.92 Å². The second-order valence-electron chi connectivity index (χ2n) is 5.66. The normalized spacial score (nSPS) is 14.2. The van der Waals surface area contributed by atoms with Crippen LogP contribution in [0.2, 0.25) is 0 Å². The number of aryl methyl sites for hydroxylation is 1.